The van der Waals surface area contributed by atoms with Crippen molar-refractivity contribution < 1.29 is 44.0 Å². The summed E-state index contributed by atoms with van der Waals surface area (Å²) in [5.74, 6) is -9.82. The molecule has 13 nitrogen and oxygen atoms in total. The molecule has 1 fully saturated rings. The highest BCUT2D eigenvalue weighted by Crippen LogP contribution is 2.53. The summed E-state index contributed by atoms with van der Waals surface area (Å²) < 4.78 is 16.3. The number of hydrogen-bond donors (Lipinski definition) is 6. The number of phenolic OH excluding ortho intramolecular Hbond substituents is 1. The van der Waals surface area contributed by atoms with Crippen molar-refractivity contribution in [1.82, 2.24) is 15.0 Å². The molecule has 37 heavy (non-hydrogen) atoms. The normalized spacial score (nSPS) is 24.9. The van der Waals surface area contributed by atoms with E-state index < -0.39 is 92.7 Å². The van der Waals surface area contributed by atoms with Gasteiger partial charge in [0, 0.05) is 35.7 Å². The summed E-state index contributed by atoms with van der Waals surface area (Å²) >= 11 is 0. The number of aromatic nitrogens is 3. The monoisotopic (exact) mass is 513 g/mol. The van der Waals surface area contributed by atoms with Crippen LogP contribution in [0.25, 0.3) is 5.76 Å². The number of rotatable bonds is 4. The van der Waals surface area contributed by atoms with E-state index in [4.69, 9.17) is 5.73 Å². The van der Waals surface area contributed by atoms with Crippen LogP contribution >= 0.6 is 0 Å². The van der Waals surface area contributed by atoms with Gasteiger partial charge in [0.05, 0.1) is 17.4 Å². The molecule has 14 heteroatoms. The van der Waals surface area contributed by atoms with Crippen LogP contribution in [-0.4, -0.2) is 64.4 Å². The lowest BCUT2D eigenvalue weighted by molar-refractivity contribution is -0.147. The lowest BCUT2D eigenvalue weighted by Crippen LogP contribution is -2.58. The number of fused-ring (bicyclic) bond motifs is 3. The molecule has 0 spiro atoms. The predicted octanol–water partition coefficient (Wildman–Crippen LogP) is -0.207. The third-order valence-corrected chi connectivity index (χ3v) is 7.06. The molecule has 7 N–H and O–H groups in total. The molecule has 1 saturated carbocycles. The van der Waals surface area contributed by atoms with Gasteiger partial charge in [-0.25, -0.2) is 9.07 Å². The molecule has 5 rings (SSSR count). The van der Waals surface area contributed by atoms with Crippen molar-refractivity contribution in [3.05, 3.63) is 52.3 Å². The zero-order chi connectivity index (χ0) is 26.8. The smallest absolute Gasteiger partial charge is 0.255 e. The van der Waals surface area contributed by atoms with E-state index in [1.807, 2.05) is 0 Å². The number of anilines is 1. The van der Waals surface area contributed by atoms with E-state index in [2.05, 4.69) is 15.6 Å². The average Bonchev–Trinajstić information content (AvgIpc) is 3.32. The van der Waals surface area contributed by atoms with Gasteiger partial charge in [0.1, 0.15) is 29.5 Å². The van der Waals surface area contributed by atoms with Crippen LogP contribution in [0, 0.1) is 17.7 Å². The van der Waals surface area contributed by atoms with Crippen molar-refractivity contribution in [2.45, 2.75) is 31.4 Å². The number of hydrogen-bond acceptors (Lipinski definition) is 10. The van der Waals surface area contributed by atoms with Crippen molar-refractivity contribution >= 4 is 34.8 Å². The number of carbonyl (C=O) groups is 4. The van der Waals surface area contributed by atoms with Crippen molar-refractivity contribution in [3.8, 4) is 5.75 Å². The molecule has 1 aromatic carbocycles. The van der Waals surface area contributed by atoms with Crippen LogP contribution in [0.4, 0.5) is 10.1 Å². The molecule has 3 atom stereocenters. The van der Waals surface area contributed by atoms with Crippen molar-refractivity contribution in [1.29, 1.82) is 0 Å². The van der Waals surface area contributed by atoms with Crippen LogP contribution < -0.4 is 11.1 Å². The van der Waals surface area contributed by atoms with Crippen LogP contribution in [0.1, 0.15) is 24.0 Å². The molecular weight excluding hydrogens is 493 g/mol. The first-order chi connectivity index (χ1) is 17.4. The van der Waals surface area contributed by atoms with Gasteiger partial charge in [0.15, 0.2) is 17.1 Å². The summed E-state index contributed by atoms with van der Waals surface area (Å²) in [7, 11) is 0. The zero-order valence-electron chi connectivity index (χ0n) is 18.9. The number of nitrogens with two attached hydrogens (primary N) is 1. The molecule has 3 aliphatic carbocycles. The number of benzene rings is 1. The van der Waals surface area contributed by atoms with Crippen molar-refractivity contribution in [2.75, 3.05) is 5.32 Å². The molecule has 1 aromatic heterocycles. The number of aliphatic hydroxyl groups is 3. The van der Waals surface area contributed by atoms with Crippen molar-refractivity contribution in [3.63, 3.8) is 0 Å². The van der Waals surface area contributed by atoms with Crippen molar-refractivity contribution in [2.24, 2.45) is 17.6 Å². The lowest BCUT2D eigenvalue weighted by atomic mass is 9.59. The summed E-state index contributed by atoms with van der Waals surface area (Å²) in [5.41, 5.74) is 0.0882. The Kier molecular flexibility index (Phi) is 5.36. The summed E-state index contributed by atoms with van der Waals surface area (Å²) in [6, 6.07) is 0.866. The number of amides is 2. The molecule has 192 valence electrons. The summed E-state index contributed by atoms with van der Waals surface area (Å²) in [6.07, 6.45) is 1.94. The molecule has 2 aromatic rings. The molecule has 1 unspecified atom stereocenters. The molecule has 0 radical (unpaired) electrons. The van der Waals surface area contributed by atoms with Crippen LogP contribution in [0.3, 0.4) is 0 Å². The Morgan fingerprint density at radius 1 is 1.24 bits per heavy atom. The van der Waals surface area contributed by atoms with E-state index in [0.717, 1.165) is 6.07 Å². The predicted molar refractivity (Wildman–Crippen MR) is 120 cm³/mol. The second-order valence-corrected chi connectivity index (χ2v) is 9.16. The van der Waals surface area contributed by atoms with Gasteiger partial charge in [0.25, 0.3) is 5.91 Å². The summed E-state index contributed by atoms with van der Waals surface area (Å²) in [5, 5.41) is 53.1. The highest BCUT2D eigenvalue weighted by atomic mass is 19.1. The number of ketones is 2. The number of aliphatic hydroxyl groups excluding tert-OH is 2. The highest BCUT2D eigenvalue weighted by molar-refractivity contribution is 6.22. The highest BCUT2D eigenvalue weighted by Gasteiger charge is 2.60. The molecule has 1 heterocycles. The van der Waals surface area contributed by atoms with Gasteiger partial charge in [-0.05, 0) is 18.8 Å². The number of nitrogens with zero attached hydrogens (tertiary/aromatic N) is 3. The second kappa shape index (κ2) is 8.23. The van der Waals surface area contributed by atoms with E-state index in [0.29, 0.717) is 0 Å². The van der Waals surface area contributed by atoms with E-state index in [1.165, 1.54) is 17.1 Å². The minimum absolute atomic E-state index is 0.125. The van der Waals surface area contributed by atoms with E-state index >= 15 is 4.39 Å². The Bertz CT molecular complexity index is 1460. The topological polar surface area (TPSA) is 218 Å². The first kappa shape index (κ1) is 24.1. The fourth-order valence-corrected chi connectivity index (χ4v) is 5.39. The molecule has 0 aliphatic heterocycles. The number of carbonyl (C=O) groups excluding carboxylic acids is 4. The average molecular weight is 513 g/mol. The van der Waals surface area contributed by atoms with Gasteiger partial charge in [0.2, 0.25) is 11.7 Å². The number of phenols is 1. The molecule has 0 bridgehead atoms. The molecular formula is C23H20FN5O8. The quantitative estimate of drug-likeness (QED) is 0.233. The molecule has 0 saturated heterocycles. The van der Waals surface area contributed by atoms with Gasteiger partial charge < -0.3 is 31.5 Å². The Hall–Kier alpha value is -4.59. The van der Waals surface area contributed by atoms with Gasteiger partial charge >= 0.3 is 0 Å². The molecule has 3 aliphatic rings. The number of aromatic hydroxyl groups is 1. The fraction of sp³-hybridized carbons (Fsp3) is 0.304. The number of Topliss-reactive ketones (excluding diaryl/α,β-unsaturated/α-hetero) is 2. The van der Waals surface area contributed by atoms with Gasteiger partial charge in [-0.15, -0.1) is 5.10 Å². The van der Waals surface area contributed by atoms with Crippen LogP contribution in [0.5, 0.6) is 5.75 Å². The van der Waals surface area contributed by atoms with Gasteiger partial charge in [-0.1, -0.05) is 5.21 Å². The van der Waals surface area contributed by atoms with E-state index in [-0.39, 0.29) is 24.9 Å². The maximum atomic E-state index is 15.1. The maximum Gasteiger partial charge on any atom is 0.255 e. The maximum absolute atomic E-state index is 15.1. The van der Waals surface area contributed by atoms with Gasteiger partial charge in [-0.2, -0.15) is 0 Å². The first-order valence-electron chi connectivity index (χ1n) is 11.1. The lowest BCUT2D eigenvalue weighted by Gasteiger charge is -2.46. The van der Waals surface area contributed by atoms with Gasteiger partial charge in [-0.3, -0.25) is 19.2 Å². The van der Waals surface area contributed by atoms with E-state index in [9.17, 15) is 39.6 Å². The number of halogens is 1. The number of nitrogens with one attached hydrogen (secondary N) is 1. The third kappa shape index (κ3) is 3.48. The number of primary amides is 1. The SMILES string of the molecule is NC(=O)C1=C(O)[C@@]2(O)C(=O)C3=C(O)c4c(O)c(NC(=O)Cn5ccnn5)cc(F)c4CC3C[C@H]2CC1=O. The Labute approximate surface area is 206 Å². The Balaban J connectivity index is 1.58. The summed E-state index contributed by atoms with van der Waals surface area (Å²) in [4.78, 5) is 49.9. The summed E-state index contributed by atoms with van der Waals surface area (Å²) in [6.45, 7) is -0.313. The third-order valence-electron chi connectivity index (χ3n) is 7.06. The standard InChI is InChI=1S/C23H20FN5O8/c24-11-6-12(27-14(31)7-29-2-1-26-28-29)18(32)16-10(11)4-8-3-9-5-13(30)17(22(25)36)21(35)23(9,37)20(34)15(8)19(16)33/h1-2,6,8-9,32-33,35,37H,3-5,7H2,(H2,25,36)(H,27,31)/t8?,9-,23-/m0/s1. The largest absolute Gasteiger partial charge is 0.508 e. The van der Waals surface area contributed by atoms with Crippen LogP contribution in [0.15, 0.2) is 35.4 Å². The second-order valence-electron chi connectivity index (χ2n) is 9.16. The minimum atomic E-state index is -2.73. The zero-order valence-corrected chi connectivity index (χ0v) is 18.9. The minimum Gasteiger partial charge on any atom is -0.508 e. The molecule has 2 amide bonds. The van der Waals surface area contributed by atoms with Crippen LogP contribution in [-0.2, 0) is 32.1 Å². The fourth-order valence-electron chi connectivity index (χ4n) is 5.39. The first-order valence-corrected chi connectivity index (χ1v) is 11.1. The van der Waals surface area contributed by atoms with Crippen LogP contribution in [0.2, 0.25) is 0 Å². The Morgan fingerprint density at radius 2 is 1.97 bits per heavy atom. The Morgan fingerprint density at radius 3 is 2.62 bits per heavy atom. The van der Waals surface area contributed by atoms with E-state index in [1.54, 1.807) is 0 Å².